The lowest BCUT2D eigenvalue weighted by molar-refractivity contribution is 0.0715. The molecule has 0 spiro atoms. The third-order valence-corrected chi connectivity index (χ3v) is 6.96. The van der Waals surface area contributed by atoms with Gasteiger partial charge in [0.15, 0.2) is 11.5 Å². The van der Waals surface area contributed by atoms with Crippen LogP contribution >= 0.6 is 11.3 Å². The van der Waals surface area contributed by atoms with Gasteiger partial charge in [-0.1, -0.05) is 12.1 Å². The van der Waals surface area contributed by atoms with Crippen molar-refractivity contribution in [2.75, 3.05) is 19.9 Å². The molecular weight excluding hydrogens is 438 g/mol. The summed E-state index contributed by atoms with van der Waals surface area (Å²) in [6.07, 6.45) is 1.58. The van der Waals surface area contributed by atoms with Gasteiger partial charge in [0.25, 0.3) is 11.8 Å². The fourth-order valence-corrected chi connectivity index (χ4v) is 5.01. The molecule has 1 aromatic carbocycles. The van der Waals surface area contributed by atoms with Crippen molar-refractivity contribution in [1.29, 1.82) is 0 Å². The number of benzene rings is 1. The van der Waals surface area contributed by atoms with E-state index in [0.717, 1.165) is 40.4 Å². The minimum Gasteiger partial charge on any atom is -0.454 e. The Kier molecular flexibility index (Phi) is 6.00. The van der Waals surface area contributed by atoms with Gasteiger partial charge in [0.1, 0.15) is 0 Å². The average molecular weight is 464 g/mol. The zero-order chi connectivity index (χ0) is 22.8. The molecule has 0 unspecified atom stereocenters. The number of hydrogen-bond donors (Lipinski definition) is 1. The number of piperidine rings is 1. The number of aromatic nitrogens is 1. The highest BCUT2D eigenvalue weighted by Gasteiger charge is 2.28. The lowest BCUT2D eigenvalue weighted by Crippen LogP contribution is -2.38. The van der Waals surface area contributed by atoms with E-state index in [1.165, 1.54) is 11.3 Å². The number of fused-ring (bicyclic) bond motifs is 1. The predicted octanol–water partition coefficient (Wildman–Crippen LogP) is 4.13. The van der Waals surface area contributed by atoms with Crippen LogP contribution in [0.15, 0.2) is 47.8 Å². The number of amides is 2. The van der Waals surface area contributed by atoms with Crippen LogP contribution < -0.4 is 14.8 Å². The summed E-state index contributed by atoms with van der Waals surface area (Å²) in [5.74, 6) is 1.50. The molecule has 1 fully saturated rings. The summed E-state index contributed by atoms with van der Waals surface area (Å²) in [5, 5.41) is 4.93. The number of ether oxygens (including phenoxy) is 2. The van der Waals surface area contributed by atoms with Gasteiger partial charge in [-0.3, -0.25) is 14.6 Å². The molecular formula is C25H25N3O4S. The summed E-state index contributed by atoms with van der Waals surface area (Å²) in [6, 6.07) is 13.2. The van der Waals surface area contributed by atoms with Crippen LogP contribution in [0.2, 0.25) is 0 Å². The predicted molar refractivity (Wildman–Crippen MR) is 125 cm³/mol. The molecule has 3 aromatic rings. The Morgan fingerprint density at radius 1 is 1.12 bits per heavy atom. The molecule has 0 aliphatic carbocycles. The van der Waals surface area contributed by atoms with Gasteiger partial charge in [-0.2, -0.15) is 0 Å². The second-order valence-corrected chi connectivity index (χ2v) is 9.25. The zero-order valence-electron chi connectivity index (χ0n) is 18.4. The highest BCUT2D eigenvalue weighted by Crippen LogP contribution is 2.33. The van der Waals surface area contributed by atoms with E-state index < -0.39 is 0 Å². The summed E-state index contributed by atoms with van der Waals surface area (Å²) < 4.78 is 10.8. The summed E-state index contributed by atoms with van der Waals surface area (Å²) in [4.78, 5) is 33.2. The number of hydrogen-bond acceptors (Lipinski definition) is 6. The summed E-state index contributed by atoms with van der Waals surface area (Å²) in [5.41, 5.74) is 3.25. The summed E-state index contributed by atoms with van der Waals surface area (Å²) in [7, 11) is 0. The van der Waals surface area contributed by atoms with Crippen LogP contribution in [-0.4, -0.2) is 41.6 Å². The fraction of sp³-hybridized carbons (Fsp3) is 0.320. The van der Waals surface area contributed by atoms with Gasteiger partial charge < -0.3 is 19.7 Å². The normalized spacial score (nSPS) is 15.5. The maximum Gasteiger partial charge on any atom is 0.263 e. The topological polar surface area (TPSA) is 80.8 Å². The van der Waals surface area contributed by atoms with Gasteiger partial charge in [-0.05, 0) is 61.0 Å². The maximum atomic E-state index is 13.1. The molecule has 0 radical (unpaired) electrons. The van der Waals surface area contributed by atoms with E-state index in [4.69, 9.17) is 14.5 Å². The van der Waals surface area contributed by atoms with Crippen LogP contribution in [0.1, 0.15) is 55.7 Å². The van der Waals surface area contributed by atoms with Crippen LogP contribution in [0, 0.1) is 6.92 Å². The van der Waals surface area contributed by atoms with Crippen molar-refractivity contribution in [3.05, 3.63) is 75.2 Å². The molecule has 0 bridgehead atoms. The molecule has 5 rings (SSSR count). The van der Waals surface area contributed by atoms with Gasteiger partial charge >= 0.3 is 0 Å². The number of nitrogens with zero attached hydrogens (tertiary/aromatic N) is 2. The van der Waals surface area contributed by atoms with E-state index >= 15 is 0 Å². The van der Waals surface area contributed by atoms with Crippen molar-refractivity contribution >= 4 is 23.2 Å². The number of nitrogens with one attached hydrogen (secondary N) is 1. The van der Waals surface area contributed by atoms with Gasteiger partial charge in [-0.15, -0.1) is 11.3 Å². The van der Waals surface area contributed by atoms with Crippen LogP contribution in [0.3, 0.4) is 0 Å². The maximum absolute atomic E-state index is 13.1. The SMILES string of the molecule is Cc1ccc(C(=O)NCc2ccc3c(c2)OCO3)c(C2CCN(C(=O)c3cccs3)CC2)n1. The van der Waals surface area contributed by atoms with Crippen molar-refractivity contribution in [1.82, 2.24) is 15.2 Å². The molecule has 170 valence electrons. The van der Waals surface area contributed by atoms with Gasteiger partial charge in [-0.25, -0.2) is 0 Å². The van der Waals surface area contributed by atoms with Gasteiger partial charge in [0.05, 0.1) is 16.1 Å². The lowest BCUT2D eigenvalue weighted by atomic mass is 9.89. The molecule has 0 atom stereocenters. The molecule has 2 aliphatic rings. The Morgan fingerprint density at radius 3 is 2.73 bits per heavy atom. The van der Waals surface area contributed by atoms with Crippen molar-refractivity contribution in [3.8, 4) is 11.5 Å². The highest BCUT2D eigenvalue weighted by atomic mass is 32.1. The van der Waals surface area contributed by atoms with Crippen molar-refractivity contribution in [2.45, 2.75) is 32.2 Å². The summed E-state index contributed by atoms with van der Waals surface area (Å²) in [6.45, 7) is 3.87. The van der Waals surface area contributed by atoms with E-state index in [-0.39, 0.29) is 24.5 Å². The lowest BCUT2D eigenvalue weighted by Gasteiger charge is -2.32. The minimum atomic E-state index is -0.146. The monoisotopic (exact) mass is 463 g/mol. The van der Waals surface area contributed by atoms with E-state index in [0.29, 0.717) is 30.9 Å². The summed E-state index contributed by atoms with van der Waals surface area (Å²) >= 11 is 1.47. The molecule has 7 nitrogen and oxygen atoms in total. The molecule has 4 heterocycles. The minimum absolute atomic E-state index is 0.0855. The molecule has 33 heavy (non-hydrogen) atoms. The fourth-order valence-electron chi connectivity index (χ4n) is 4.32. The Morgan fingerprint density at radius 2 is 1.94 bits per heavy atom. The second kappa shape index (κ2) is 9.23. The van der Waals surface area contributed by atoms with Gasteiger partial charge in [0, 0.05) is 31.2 Å². The van der Waals surface area contributed by atoms with Crippen LogP contribution in [0.4, 0.5) is 0 Å². The molecule has 0 saturated carbocycles. The molecule has 1 N–H and O–H groups in total. The van der Waals surface area contributed by atoms with Crippen molar-refractivity contribution in [3.63, 3.8) is 0 Å². The number of likely N-dealkylation sites (tertiary alicyclic amines) is 1. The second-order valence-electron chi connectivity index (χ2n) is 8.30. The first kappa shape index (κ1) is 21.5. The molecule has 2 aliphatic heterocycles. The van der Waals surface area contributed by atoms with Crippen molar-refractivity contribution in [2.24, 2.45) is 0 Å². The first-order valence-corrected chi connectivity index (χ1v) is 11.9. The third-order valence-electron chi connectivity index (χ3n) is 6.10. The number of rotatable bonds is 5. The van der Waals surface area contributed by atoms with Crippen LogP contribution in [-0.2, 0) is 6.54 Å². The van der Waals surface area contributed by atoms with E-state index in [9.17, 15) is 9.59 Å². The average Bonchev–Trinajstić information content (AvgIpc) is 3.54. The Labute approximate surface area is 196 Å². The standard InChI is InChI=1S/C25H25N3O4S/c1-16-4-6-19(24(29)26-14-17-5-7-20-21(13-17)32-15-31-20)23(27-16)18-8-10-28(11-9-18)25(30)22-3-2-12-33-22/h2-7,12-13,18H,8-11,14-15H2,1H3,(H,26,29). The molecule has 2 aromatic heterocycles. The Hall–Kier alpha value is -3.39. The smallest absolute Gasteiger partial charge is 0.263 e. The number of aryl methyl sites for hydroxylation is 1. The number of thiophene rings is 1. The quantitative estimate of drug-likeness (QED) is 0.615. The van der Waals surface area contributed by atoms with Crippen LogP contribution in [0.5, 0.6) is 11.5 Å². The van der Waals surface area contributed by atoms with Crippen molar-refractivity contribution < 1.29 is 19.1 Å². The Bertz CT molecular complexity index is 1170. The number of carbonyl (C=O) groups excluding carboxylic acids is 2. The zero-order valence-corrected chi connectivity index (χ0v) is 19.2. The van der Waals surface area contributed by atoms with E-state index in [1.807, 2.05) is 59.7 Å². The van der Waals surface area contributed by atoms with E-state index in [1.54, 1.807) is 0 Å². The van der Waals surface area contributed by atoms with E-state index in [2.05, 4.69) is 5.32 Å². The number of pyridine rings is 1. The Balaban J connectivity index is 1.26. The molecule has 1 saturated heterocycles. The molecule has 8 heteroatoms. The molecule has 2 amide bonds. The first-order chi connectivity index (χ1) is 16.1. The number of carbonyl (C=O) groups is 2. The third kappa shape index (κ3) is 4.57. The largest absolute Gasteiger partial charge is 0.454 e. The highest BCUT2D eigenvalue weighted by molar-refractivity contribution is 7.12. The van der Waals surface area contributed by atoms with Gasteiger partial charge in [0.2, 0.25) is 6.79 Å². The van der Waals surface area contributed by atoms with Crippen LogP contribution in [0.25, 0.3) is 0 Å². The first-order valence-electron chi connectivity index (χ1n) is 11.1.